The van der Waals surface area contributed by atoms with Gasteiger partial charge in [-0.05, 0) is 29.8 Å². The summed E-state index contributed by atoms with van der Waals surface area (Å²) in [7, 11) is 1.23. The average Bonchev–Trinajstić information content (AvgIpc) is 2.65. The van der Waals surface area contributed by atoms with Gasteiger partial charge in [-0.3, -0.25) is 13.9 Å². The first-order valence-electron chi connectivity index (χ1n) is 8.67. The predicted octanol–water partition coefficient (Wildman–Crippen LogP) is 1.81. The summed E-state index contributed by atoms with van der Waals surface area (Å²) >= 11 is 0. The summed E-state index contributed by atoms with van der Waals surface area (Å²) in [6.07, 6.45) is 1.05. The van der Waals surface area contributed by atoms with Gasteiger partial charge in [-0.1, -0.05) is 30.3 Å². The minimum Gasteiger partial charge on any atom is -0.345 e. The second-order valence-electron chi connectivity index (χ2n) is 6.75. The molecule has 0 saturated carbocycles. The van der Waals surface area contributed by atoms with E-state index in [2.05, 4.69) is 0 Å². The van der Waals surface area contributed by atoms with Crippen LogP contribution in [0.15, 0.2) is 54.6 Å². The Morgan fingerprint density at radius 2 is 1.46 bits per heavy atom. The van der Waals surface area contributed by atoms with E-state index >= 15 is 0 Å². The Labute approximate surface area is 166 Å². The maximum absolute atomic E-state index is 12.6. The first-order valence-corrected chi connectivity index (χ1v) is 10.5. The molecular formula is C20H25N3O4S. The number of likely N-dealkylation sites (N-methyl/N-ethyl adjacent to an activating group) is 1. The Bertz CT molecular complexity index is 926. The number of nitrogens with zero attached hydrogens (tertiary/aromatic N) is 3. The van der Waals surface area contributed by atoms with Gasteiger partial charge in [0, 0.05) is 33.3 Å². The summed E-state index contributed by atoms with van der Waals surface area (Å²) in [5.74, 6) is -0.515. The normalized spacial score (nSPS) is 11.0. The van der Waals surface area contributed by atoms with E-state index in [1.54, 1.807) is 33.3 Å². The van der Waals surface area contributed by atoms with Gasteiger partial charge in [0.05, 0.1) is 11.9 Å². The van der Waals surface area contributed by atoms with Gasteiger partial charge < -0.3 is 9.80 Å². The van der Waals surface area contributed by atoms with Crippen molar-refractivity contribution in [2.75, 3.05) is 38.2 Å². The highest BCUT2D eigenvalue weighted by Crippen LogP contribution is 2.19. The van der Waals surface area contributed by atoms with Crippen molar-refractivity contribution in [3.05, 3.63) is 65.7 Å². The van der Waals surface area contributed by atoms with Crippen LogP contribution in [0.4, 0.5) is 5.69 Å². The van der Waals surface area contributed by atoms with Gasteiger partial charge in [0.1, 0.15) is 6.54 Å². The van der Waals surface area contributed by atoms with E-state index in [0.29, 0.717) is 17.8 Å². The summed E-state index contributed by atoms with van der Waals surface area (Å²) in [6.45, 7) is 0.0662. The van der Waals surface area contributed by atoms with Crippen molar-refractivity contribution in [1.29, 1.82) is 0 Å². The van der Waals surface area contributed by atoms with Crippen molar-refractivity contribution in [2.45, 2.75) is 6.54 Å². The molecule has 150 valence electrons. The van der Waals surface area contributed by atoms with Crippen LogP contribution in [-0.4, -0.2) is 64.0 Å². The smallest absolute Gasteiger partial charge is 0.253 e. The lowest BCUT2D eigenvalue weighted by Gasteiger charge is -2.25. The Kier molecular flexibility index (Phi) is 6.80. The molecule has 0 unspecified atom stereocenters. The summed E-state index contributed by atoms with van der Waals surface area (Å²) in [5.41, 5.74) is 1.73. The van der Waals surface area contributed by atoms with Crippen molar-refractivity contribution in [3.63, 3.8) is 0 Å². The number of hydrogen-bond acceptors (Lipinski definition) is 4. The van der Waals surface area contributed by atoms with E-state index in [-0.39, 0.29) is 18.4 Å². The van der Waals surface area contributed by atoms with Crippen molar-refractivity contribution in [1.82, 2.24) is 9.80 Å². The second-order valence-corrected chi connectivity index (χ2v) is 8.66. The van der Waals surface area contributed by atoms with E-state index in [9.17, 15) is 18.0 Å². The lowest BCUT2D eigenvalue weighted by atomic mass is 10.2. The second kappa shape index (κ2) is 8.88. The molecule has 8 heteroatoms. The van der Waals surface area contributed by atoms with Crippen LogP contribution in [0.1, 0.15) is 15.9 Å². The van der Waals surface area contributed by atoms with Crippen LogP contribution in [0.25, 0.3) is 0 Å². The minimum atomic E-state index is -3.68. The predicted molar refractivity (Wildman–Crippen MR) is 110 cm³/mol. The molecule has 2 rings (SSSR count). The molecule has 0 fully saturated rings. The average molecular weight is 404 g/mol. The zero-order valence-corrected chi connectivity index (χ0v) is 17.3. The molecule has 0 aromatic heterocycles. The zero-order valence-electron chi connectivity index (χ0n) is 16.5. The summed E-state index contributed by atoms with van der Waals surface area (Å²) in [6, 6.07) is 15.6. The van der Waals surface area contributed by atoms with Gasteiger partial charge in [-0.2, -0.15) is 0 Å². The van der Waals surface area contributed by atoms with E-state index in [1.807, 2.05) is 30.3 Å². The van der Waals surface area contributed by atoms with E-state index in [0.717, 1.165) is 16.1 Å². The molecule has 0 N–H and O–H groups in total. The molecule has 0 spiro atoms. The standard InChI is InChI=1S/C20H25N3O4S/c1-21(2)20(25)17-10-12-18(13-11-17)23(28(4,26)27)15-19(24)22(3)14-16-8-6-5-7-9-16/h5-13H,14-15H2,1-4H3. The van der Waals surface area contributed by atoms with E-state index in [4.69, 9.17) is 0 Å². The van der Waals surface area contributed by atoms with Gasteiger partial charge in [-0.15, -0.1) is 0 Å². The van der Waals surface area contributed by atoms with Crippen LogP contribution in [0.3, 0.4) is 0 Å². The molecule has 2 aromatic rings. The summed E-state index contributed by atoms with van der Waals surface area (Å²) in [5, 5.41) is 0. The Morgan fingerprint density at radius 1 is 0.893 bits per heavy atom. The van der Waals surface area contributed by atoms with E-state index < -0.39 is 10.0 Å². The molecule has 0 heterocycles. The highest BCUT2D eigenvalue weighted by atomic mass is 32.2. The molecular weight excluding hydrogens is 378 g/mol. The molecule has 0 atom stereocenters. The number of anilines is 1. The fraction of sp³-hybridized carbons (Fsp3) is 0.300. The van der Waals surface area contributed by atoms with Crippen molar-refractivity contribution in [3.8, 4) is 0 Å². The first-order chi connectivity index (χ1) is 13.1. The van der Waals surface area contributed by atoms with Crippen LogP contribution in [0, 0.1) is 0 Å². The summed E-state index contributed by atoms with van der Waals surface area (Å²) < 4.78 is 25.6. The Morgan fingerprint density at radius 3 is 1.96 bits per heavy atom. The minimum absolute atomic E-state index is 0.184. The number of sulfonamides is 1. The van der Waals surface area contributed by atoms with Gasteiger partial charge in [0.15, 0.2) is 0 Å². The zero-order chi connectivity index (χ0) is 20.9. The molecule has 0 radical (unpaired) electrons. The topological polar surface area (TPSA) is 78.0 Å². The molecule has 2 amide bonds. The molecule has 2 aromatic carbocycles. The number of benzene rings is 2. The van der Waals surface area contributed by atoms with Gasteiger partial charge in [-0.25, -0.2) is 8.42 Å². The first kappa shape index (κ1) is 21.4. The lowest BCUT2D eigenvalue weighted by molar-refractivity contribution is -0.128. The third-order valence-corrected chi connectivity index (χ3v) is 5.32. The fourth-order valence-electron chi connectivity index (χ4n) is 2.62. The van der Waals surface area contributed by atoms with Gasteiger partial charge >= 0.3 is 0 Å². The Hall–Kier alpha value is -2.87. The molecule has 28 heavy (non-hydrogen) atoms. The highest BCUT2D eigenvalue weighted by Gasteiger charge is 2.23. The maximum atomic E-state index is 12.6. The lowest BCUT2D eigenvalue weighted by Crippen LogP contribution is -2.41. The van der Waals surface area contributed by atoms with Crippen LogP contribution in [0.2, 0.25) is 0 Å². The van der Waals surface area contributed by atoms with Crippen LogP contribution in [-0.2, 0) is 21.4 Å². The monoisotopic (exact) mass is 403 g/mol. The van der Waals surface area contributed by atoms with E-state index in [1.165, 1.54) is 21.9 Å². The number of carbonyl (C=O) groups excluding carboxylic acids is 2. The van der Waals surface area contributed by atoms with Crippen LogP contribution < -0.4 is 4.31 Å². The number of carbonyl (C=O) groups is 2. The number of hydrogen-bond donors (Lipinski definition) is 0. The van der Waals surface area contributed by atoms with Gasteiger partial charge in [0.25, 0.3) is 5.91 Å². The maximum Gasteiger partial charge on any atom is 0.253 e. The quantitative estimate of drug-likeness (QED) is 0.706. The molecule has 0 bridgehead atoms. The molecule has 0 aliphatic carbocycles. The van der Waals surface area contributed by atoms with Crippen molar-refractivity contribution in [2.24, 2.45) is 0 Å². The Balaban J connectivity index is 2.18. The third kappa shape index (κ3) is 5.56. The molecule has 0 saturated heterocycles. The van der Waals surface area contributed by atoms with Crippen molar-refractivity contribution < 1.29 is 18.0 Å². The third-order valence-electron chi connectivity index (χ3n) is 4.18. The molecule has 0 aliphatic rings. The SMILES string of the molecule is CN(C)C(=O)c1ccc(N(CC(=O)N(C)Cc2ccccc2)S(C)(=O)=O)cc1. The number of rotatable bonds is 7. The number of amides is 2. The van der Waals surface area contributed by atoms with Crippen molar-refractivity contribution >= 4 is 27.5 Å². The molecule has 0 aliphatic heterocycles. The van der Waals surface area contributed by atoms with Crippen LogP contribution in [0.5, 0.6) is 0 Å². The summed E-state index contributed by atoms with van der Waals surface area (Å²) in [4.78, 5) is 27.5. The highest BCUT2D eigenvalue weighted by molar-refractivity contribution is 7.92. The van der Waals surface area contributed by atoms with Gasteiger partial charge in [0.2, 0.25) is 15.9 Å². The van der Waals surface area contributed by atoms with Crippen LogP contribution >= 0.6 is 0 Å². The fourth-order valence-corrected chi connectivity index (χ4v) is 3.47. The molecule has 7 nitrogen and oxygen atoms in total. The largest absolute Gasteiger partial charge is 0.345 e.